The number of hydrogen-bond donors (Lipinski definition) is 0. The summed E-state index contributed by atoms with van der Waals surface area (Å²) in [5.41, 5.74) is 0. The summed E-state index contributed by atoms with van der Waals surface area (Å²) in [7, 11) is 0. The molecule has 0 aromatic heterocycles. The molecular formula is C8H17NS. The molecule has 1 unspecified atom stereocenters. The molecule has 1 fully saturated rings. The number of hydrogen-bond acceptors (Lipinski definition) is 2. The van der Waals surface area contributed by atoms with Gasteiger partial charge in [0.05, 0.1) is 0 Å². The summed E-state index contributed by atoms with van der Waals surface area (Å²) in [6.45, 7) is 8.18. The Hall–Kier alpha value is 0.310. The molecule has 0 bridgehead atoms. The molecule has 1 atom stereocenters. The first kappa shape index (κ1) is 8.41. The first-order valence-electron chi connectivity index (χ1n) is 4.05. The number of thioether (sulfide) groups is 1. The molecular weight excluding hydrogens is 142 g/mol. The highest BCUT2D eigenvalue weighted by atomic mass is 32.2. The van der Waals surface area contributed by atoms with Gasteiger partial charge in [-0.25, -0.2) is 0 Å². The third-order valence-corrected chi connectivity index (χ3v) is 3.27. The van der Waals surface area contributed by atoms with Gasteiger partial charge in [0.1, 0.15) is 0 Å². The van der Waals surface area contributed by atoms with Crippen molar-refractivity contribution in [1.29, 1.82) is 0 Å². The fourth-order valence-electron chi connectivity index (χ4n) is 1.51. The maximum Gasteiger partial charge on any atom is 0.0161 e. The maximum absolute atomic E-state index is 2.58. The topological polar surface area (TPSA) is 3.24 Å². The molecule has 2 heteroatoms. The fraction of sp³-hybridized carbons (Fsp3) is 1.00. The first-order valence-corrected chi connectivity index (χ1v) is 5.20. The molecule has 0 aromatic rings. The van der Waals surface area contributed by atoms with Crippen LogP contribution in [0.2, 0.25) is 0 Å². The van der Waals surface area contributed by atoms with Crippen LogP contribution in [0.5, 0.6) is 0 Å². The minimum atomic E-state index is 0.732. The van der Waals surface area contributed by atoms with Crippen molar-refractivity contribution in [3.05, 3.63) is 0 Å². The molecule has 60 valence electrons. The van der Waals surface area contributed by atoms with Crippen LogP contribution in [0.1, 0.15) is 20.8 Å². The van der Waals surface area contributed by atoms with E-state index in [9.17, 15) is 0 Å². The van der Waals surface area contributed by atoms with Gasteiger partial charge in [0.2, 0.25) is 0 Å². The lowest BCUT2D eigenvalue weighted by molar-refractivity contribution is 0.184. The highest BCUT2D eigenvalue weighted by Gasteiger charge is 2.20. The Bertz CT molecular complexity index is 103. The fourth-order valence-corrected chi connectivity index (χ4v) is 2.55. The Kier molecular flexibility index (Phi) is 3.05. The zero-order valence-electron chi connectivity index (χ0n) is 7.13. The molecule has 1 rings (SSSR count). The lowest BCUT2D eigenvalue weighted by Gasteiger charge is -2.36. The quantitative estimate of drug-likeness (QED) is 0.574. The molecule has 0 amide bonds. The van der Waals surface area contributed by atoms with Gasteiger partial charge in [-0.3, -0.25) is 4.90 Å². The van der Waals surface area contributed by atoms with Crippen LogP contribution in [-0.4, -0.2) is 35.0 Å². The van der Waals surface area contributed by atoms with Crippen molar-refractivity contribution < 1.29 is 0 Å². The second kappa shape index (κ2) is 3.63. The van der Waals surface area contributed by atoms with E-state index in [2.05, 4.69) is 37.4 Å². The zero-order valence-corrected chi connectivity index (χ0v) is 7.95. The molecule has 1 heterocycles. The third kappa shape index (κ3) is 1.89. The van der Waals surface area contributed by atoms with E-state index in [0.717, 1.165) is 12.1 Å². The summed E-state index contributed by atoms with van der Waals surface area (Å²) in [4.78, 5) is 2.58. The molecule has 1 aliphatic rings. The van der Waals surface area contributed by atoms with Gasteiger partial charge in [-0.1, -0.05) is 0 Å². The summed E-state index contributed by atoms with van der Waals surface area (Å²) in [6, 6.07) is 1.52. The molecule has 0 saturated carbocycles. The molecule has 0 radical (unpaired) electrons. The Morgan fingerprint density at radius 3 is 2.60 bits per heavy atom. The summed E-state index contributed by atoms with van der Waals surface area (Å²) in [5, 5.41) is 0. The third-order valence-electron chi connectivity index (χ3n) is 2.08. The van der Waals surface area contributed by atoms with Crippen LogP contribution in [0.3, 0.4) is 0 Å². The average Bonchev–Trinajstić information content (AvgIpc) is 1.88. The van der Waals surface area contributed by atoms with E-state index in [0.29, 0.717) is 0 Å². The van der Waals surface area contributed by atoms with E-state index in [1.165, 1.54) is 18.1 Å². The van der Waals surface area contributed by atoms with Gasteiger partial charge in [0, 0.05) is 30.1 Å². The predicted octanol–water partition coefficient (Wildman–Crippen LogP) is 1.83. The van der Waals surface area contributed by atoms with Crippen LogP contribution < -0.4 is 0 Å². The first-order chi connectivity index (χ1) is 4.72. The normalized spacial score (nSPS) is 29.4. The summed E-state index contributed by atoms with van der Waals surface area (Å²) >= 11 is 2.08. The van der Waals surface area contributed by atoms with Crippen molar-refractivity contribution in [2.45, 2.75) is 32.9 Å². The van der Waals surface area contributed by atoms with Crippen LogP contribution >= 0.6 is 11.8 Å². The lowest BCUT2D eigenvalue weighted by atomic mass is 10.2. The Morgan fingerprint density at radius 2 is 2.20 bits per heavy atom. The van der Waals surface area contributed by atoms with E-state index >= 15 is 0 Å². The van der Waals surface area contributed by atoms with Gasteiger partial charge >= 0.3 is 0 Å². The van der Waals surface area contributed by atoms with Crippen molar-refractivity contribution in [1.82, 2.24) is 4.90 Å². The molecule has 1 saturated heterocycles. The standard InChI is InChI=1S/C8H17NS/c1-7(2)9-4-5-10-6-8(9)3/h7-8H,4-6H2,1-3H3. The van der Waals surface area contributed by atoms with Crippen LogP contribution in [0.15, 0.2) is 0 Å². The van der Waals surface area contributed by atoms with E-state index in [-0.39, 0.29) is 0 Å². The van der Waals surface area contributed by atoms with Gasteiger partial charge in [0.15, 0.2) is 0 Å². The largest absolute Gasteiger partial charge is 0.297 e. The molecule has 1 nitrogen and oxygen atoms in total. The van der Waals surface area contributed by atoms with Gasteiger partial charge in [-0.2, -0.15) is 11.8 Å². The number of rotatable bonds is 1. The van der Waals surface area contributed by atoms with Crippen molar-refractivity contribution >= 4 is 11.8 Å². The molecule has 0 aromatic carbocycles. The number of nitrogens with zero attached hydrogens (tertiary/aromatic N) is 1. The maximum atomic E-state index is 2.58. The van der Waals surface area contributed by atoms with Crippen LogP contribution in [0.4, 0.5) is 0 Å². The van der Waals surface area contributed by atoms with Crippen molar-refractivity contribution in [3.63, 3.8) is 0 Å². The lowest BCUT2D eigenvalue weighted by Crippen LogP contribution is -2.44. The summed E-state index contributed by atoms with van der Waals surface area (Å²) in [5.74, 6) is 2.64. The predicted molar refractivity (Wildman–Crippen MR) is 48.6 cm³/mol. The minimum absolute atomic E-state index is 0.732. The van der Waals surface area contributed by atoms with Crippen LogP contribution in [0.25, 0.3) is 0 Å². The molecule has 1 aliphatic heterocycles. The Balaban J connectivity index is 2.40. The van der Waals surface area contributed by atoms with E-state index < -0.39 is 0 Å². The summed E-state index contributed by atoms with van der Waals surface area (Å²) < 4.78 is 0. The van der Waals surface area contributed by atoms with Gasteiger partial charge in [0.25, 0.3) is 0 Å². The zero-order chi connectivity index (χ0) is 7.56. The van der Waals surface area contributed by atoms with Crippen LogP contribution in [-0.2, 0) is 0 Å². The van der Waals surface area contributed by atoms with Crippen molar-refractivity contribution in [3.8, 4) is 0 Å². The van der Waals surface area contributed by atoms with E-state index in [1.54, 1.807) is 0 Å². The highest BCUT2D eigenvalue weighted by Crippen LogP contribution is 2.17. The summed E-state index contributed by atoms with van der Waals surface area (Å²) in [6.07, 6.45) is 0. The Labute approximate surface area is 68.2 Å². The highest BCUT2D eigenvalue weighted by molar-refractivity contribution is 7.99. The second-order valence-electron chi connectivity index (χ2n) is 3.26. The van der Waals surface area contributed by atoms with Gasteiger partial charge in [-0.15, -0.1) is 0 Å². The second-order valence-corrected chi connectivity index (χ2v) is 4.41. The van der Waals surface area contributed by atoms with Gasteiger partial charge in [-0.05, 0) is 20.8 Å². The molecule has 0 aliphatic carbocycles. The van der Waals surface area contributed by atoms with E-state index in [4.69, 9.17) is 0 Å². The monoisotopic (exact) mass is 159 g/mol. The van der Waals surface area contributed by atoms with Crippen molar-refractivity contribution in [2.75, 3.05) is 18.1 Å². The molecule has 0 spiro atoms. The Morgan fingerprint density at radius 1 is 1.50 bits per heavy atom. The SMILES string of the molecule is CC(C)N1CCSCC1C. The van der Waals surface area contributed by atoms with E-state index in [1.807, 2.05) is 0 Å². The van der Waals surface area contributed by atoms with Crippen molar-refractivity contribution in [2.24, 2.45) is 0 Å². The smallest absolute Gasteiger partial charge is 0.0161 e. The molecule has 0 N–H and O–H groups in total. The minimum Gasteiger partial charge on any atom is -0.297 e. The van der Waals surface area contributed by atoms with Gasteiger partial charge < -0.3 is 0 Å². The molecule has 10 heavy (non-hydrogen) atoms. The average molecular weight is 159 g/mol. The van der Waals surface area contributed by atoms with Crippen LogP contribution in [0, 0.1) is 0 Å².